The summed E-state index contributed by atoms with van der Waals surface area (Å²) in [6.45, 7) is 11.2. The maximum Gasteiger partial charge on any atom is 0.0594 e. The lowest BCUT2D eigenvalue weighted by atomic mass is 9.84. The first kappa shape index (κ1) is 11.4. The molecule has 0 aromatic heterocycles. The van der Waals surface area contributed by atoms with E-state index >= 15 is 0 Å². The summed E-state index contributed by atoms with van der Waals surface area (Å²) in [4.78, 5) is 2.57. The molecule has 1 atom stereocenters. The van der Waals surface area contributed by atoms with E-state index in [1.807, 2.05) is 0 Å². The Bertz CT molecular complexity index is 200. The van der Waals surface area contributed by atoms with Crippen molar-refractivity contribution in [1.29, 1.82) is 0 Å². The van der Waals surface area contributed by atoms with E-state index in [0.717, 1.165) is 32.2 Å². The zero-order chi connectivity index (χ0) is 10.7. The molecule has 0 bridgehead atoms. The van der Waals surface area contributed by atoms with E-state index in [0.29, 0.717) is 5.54 Å². The molecule has 0 aromatic carbocycles. The van der Waals surface area contributed by atoms with Crippen LogP contribution in [-0.4, -0.2) is 49.8 Å². The summed E-state index contributed by atoms with van der Waals surface area (Å²) in [5.41, 5.74) is 0.342. The average Bonchev–Trinajstić information content (AvgIpc) is 2.17. The zero-order valence-corrected chi connectivity index (χ0v) is 10.1. The number of rotatable bonds is 2. The maximum atomic E-state index is 5.38. The fourth-order valence-electron chi connectivity index (χ4n) is 2.82. The average molecular weight is 212 g/mol. The van der Waals surface area contributed by atoms with Crippen molar-refractivity contribution in [3.05, 3.63) is 0 Å². The Morgan fingerprint density at radius 2 is 2.07 bits per heavy atom. The molecule has 0 amide bonds. The van der Waals surface area contributed by atoms with Gasteiger partial charge in [0.1, 0.15) is 0 Å². The van der Waals surface area contributed by atoms with E-state index in [9.17, 15) is 0 Å². The van der Waals surface area contributed by atoms with Gasteiger partial charge in [0.25, 0.3) is 0 Å². The van der Waals surface area contributed by atoms with Crippen molar-refractivity contribution < 1.29 is 4.74 Å². The highest BCUT2D eigenvalue weighted by atomic mass is 16.5. The standard InChI is InChI=1S/C12H24N2O/c1-12(2)9-11(3-4-13-12)10-14-5-7-15-8-6-14/h11,13H,3-10H2,1-2H3. The third-order valence-corrected chi connectivity index (χ3v) is 3.58. The van der Waals surface area contributed by atoms with E-state index < -0.39 is 0 Å². The number of hydrogen-bond acceptors (Lipinski definition) is 3. The van der Waals surface area contributed by atoms with E-state index in [4.69, 9.17) is 4.74 Å². The number of morpholine rings is 1. The van der Waals surface area contributed by atoms with Gasteiger partial charge in [-0.2, -0.15) is 0 Å². The predicted octanol–water partition coefficient (Wildman–Crippen LogP) is 1.10. The highest BCUT2D eigenvalue weighted by Gasteiger charge is 2.28. The number of nitrogens with one attached hydrogen (secondary N) is 1. The van der Waals surface area contributed by atoms with Crippen LogP contribution in [0.25, 0.3) is 0 Å². The van der Waals surface area contributed by atoms with Crippen molar-refractivity contribution in [3.8, 4) is 0 Å². The molecule has 15 heavy (non-hydrogen) atoms. The van der Waals surface area contributed by atoms with Crippen LogP contribution in [-0.2, 0) is 4.74 Å². The lowest BCUT2D eigenvalue weighted by Crippen LogP contribution is -2.49. The zero-order valence-electron chi connectivity index (χ0n) is 10.1. The largest absolute Gasteiger partial charge is 0.379 e. The first-order valence-electron chi connectivity index (χ1n) is 6.21. The van der Waals surface area contributed by atoms with Crippen LogP contribution < -0.4 is 5.32 Å². The van der Waals surface area contributed by atoms with E-state index in [1.165, 1.54) is 25.9 Å². The van der Waals surface area contributed by atoms with Crippen LogP contribution in [0, 0.1) is 5.92 Å². The number of ether oxygens (including phenoxy) is 1. The molecule has 2 aliphatic heterocycles. The van der Waals surface area contributed by atoms with Crippen LogP contribution in [0.3, 0.4) is 0 Å². The molecule has 88 valence electrons. The minimum atomic E-state index is 0.342. The summed E-state index contributed by atoms with van der Waals surface area (Å²) >= 11 is 0. The molecule has 0 saturated carbocycles. The lowest BCUT2D eigenvalue weighted by Gasteiger charge is -2.39. The SMILES string of the molecule is CC1(C)CC(CN2CCOCC2)CCN1. The quantitative estimate of drug-likeness (QED) is 0.742. The van der Waals surface area contributed by atoms with Crippen molar-refractivity contribution >= 4 is 0 Å². The first-order valence-corrected chi connectivity index (χ1v) is 6.21. The molecular formula is C12H24N2O. The summed E-state index contributed by atoms with van der Waals surface area (Å²) in [6.07, 6.45) is 2.64. The second-order valence-corrected chi connectivity index (χ2v) is 5.58. The molecular weight excluding hydrogens is 188 g/mol. The second kappa shape index (κ2) is 4.81. The Balaban J connectivity index is 1.78. The monoisotopic (exact) mass is 212 g/mol. The molecule has 2 aliphatic rings. The van der Waals surface area contributed by atoms with Gasteiger partial charge in [-0.05, 0) is 39.2 Å². The molecule has 3 heteroatoms. The third kappa shape index (κ3) is 3.44. The molecule has 0 aromatic rings. The van der Waals surface area contributed by atoms with E-state index in [1.54, 1.807) is 0 Å². The van der Waals surface area contributed by atoms with Crippen LogP contribution in [0.15, 0.2) is 0 Å². The summed E-state index contributed by atoms with van der Waals surface area (Å²) < 4.78 is 5.38. The maximum absolute atomic E-state index is 5.38. The Morgan fingerprint density at radius 1 is 1.33 bits per heavy atom. The minimum Gasteiger partial charge on any atom is -0.379 e. The van der Waals surface area contributed by atoms with E-state index in [-0.39, 0.29) is 0 Å². The lowest BCUT2D eigenvalue weighted by molar-refractivity contribution is 0.0249. The van der Waals surface area contributed by atoms with Crippen LogP contribution >= 0.6 is 0 Å². The van der Waals surface area contributed by atoms with Crippen molar-refractivity contribution in [1.82, 2.24) is 10.2 Å². The summed E-state index contributed by atoms with van der Waals surface area (Å²) in [5, 5.41) is 3.58. The molecule has 3 nitrogen and oxygen atoms in total. The van der Waals surface area contributed by atoms with Crippen LogP contribution in [0.4, 0.5) is 0 Å². The van der Waals surface area contributed by atoms with Crippen LogP contribution in [0.2, 0.25) is 0 Å². The number of hydrogen-bond donors (Lipinski definition) is 1. The van der Waals surface area contributed by atoms with Gasteiger partial charge in [0.05, 0.1) is 13.2 Å². The van der Waals surface area contributed by atoms with Gasteiger partial charge in [0, 0.05) is 25.2 Å². The summed E-state index contributed by atoms with van der Waals surface area (Å²) in [5.74, 6) is 0.874. The number of piperidine rings is 1. The van der Waals surface area contributed by atoms with Gasteiger partial charge in [-0.25, -0.2) is 0 Å². The number of nitrogens with zero attached hydrogens (tertiary/aromatic N) is 1. The topological polar surface area (TPSA) is 24.5 Å². The molecule has 1 N–H and O–H groups in total. The second-order valence-electron chi connectivity index (χ2n) is 5.58. The van der Waals surface area contributed by atoms with Gasteiger partial charge in [-0.3, -0.25) is 4.90 Å². The highest BCUT2D eigenvalue weighted by Crippen LogP contribution is 2.24. The first-order chi connectivity index (χ1) is 7.16. The van der Waals surface area contributed by atoms with Crippen molar-refractivity contribution in [2.24, 2.45) is 5.92 Å². The van der Waals surface area contributed by atoms with Crippen molar-refractivity contribution in [2.75, 3.05) is 39.4 Å². The Hall–Kier alpha value is -0.120. The van der Waals surface area contributed by atoms with Gasteiger partial charge in [-0.1, -0.05) is 0 Å². The minimum absolute atomic E-state index is 0.342. The summed E-state index contributed by atoms with van der Waals surface area (Å²) in [7, 11) is 0. The Morgan fingerprint density at radius 3 is 2.73 bits per heavy atom. The molecule has 2 saturated heterocycles. The molecule has 2 heterocycles. The van der Waals surface area contributed by atoms with Gasteiger partial charge in [0.2, 0.25) is 0 Å². The molecule has 0 spiro atoms. The van der Waals surface area contributed by atoms with Gasteiger partial charge < -0.3 is 10.1 Å². The van der Waals surface area contributed by atoms with Gasteiger partial charge >= 0.3 is 0 Å². The fraction of sp³-hybridized carbons (Fsp3) is 1.00. The van der Waals surface area contributed by atoms with Crippen LogP contribution in [0.5, 0.6) is 0 Å². The molecule has 2 rings (SSSR count). The smallest absolute Gasteiger partial charge is 0.0594 e. The van der Waals surface area contributed by atoms with Gasteiger partial charge in [0.15, 0.2) is 0 Å². The van der Waals surface area contributed by atoms with Crippen molar-refractivity contribution in [3.63, 3.8) is 0 Å². The molecule has 1 unspecified atom stereocenters. The Kier molecular flexibility index (Phi) is 3.65. The summed E-state index contributed by atoms with van der Waals surface area (Å²) in [6, 6.07) is 0. The highest BCUT2D eigenvalue weighted by molar-refractivity contribution is 4.87. The van der Waals surface area contributed by atoms with Gasteiger partial charge in [-0.15, -0.1) is 0 Å². The molecule has 2 fully saturated rings. The Labute approximate surface area is 93.2 Å². The van der Waals surface area contributed by atoms with E-state index in [2.05, 4.69) is 24.1 Å². The third-order valence-electron chi connectivity index (χ3n) is 3.58. The molecule has 0 aliphatic carbocycles. The predicted molar refractivity (Wildman–Crippen MR) is 62.1 cm³/mol. The van der Waals surface area contributed by atoms with Crippen molar-refractivity contribution in [2.45, 2.75) is 32.2 Å². The normalized spacial score (nSPS) is 32.8. The fourth-order valence-corrected chi connectivity index (χ4v) is 2.82. The molecule has 0 radical (unpaired) electrons. The van der Waals surface area contributed by atoms with Crippen LogP contribution in [0.1, 0.15) is 26.7 Å².